The maximum atomic E-state index is 3.97. The number of aromatic nitrogens is 2. The molecule has 0 saturated carbocycles. The Morgan fingerprint density at radius 2 is 2.07 bits per heavy atom. The van der Waals surface area contributed by atoms with Gasteiger partial charge in [0.05, 0.1) is 0 Å². The molecule has 15 heavy (non-hydrogen) atoms. The van der Waals surface area contributed by atoms with Gasteiger partial charge in [-0.1, -0.05) is 13.8 Å². The van der Waals surface area contributed by atoms with Crippen molar-refractivity contribution in [2.75, 3.05) is 18.1 Å². The topological polar surface area (TPSA) is 37.8 Å². The van der Waals surface area contributed by atoms with Crippen LogP contribution in [0.3, 0.4) is 0 Å². The molecule has 0 fully saturated rings. The van der Waals surface area contributed by atoms with Crippen molar-refractivity contribution in [3.8, 4) is 0 Å². The Morgan fingerprint density at radius 3 is 2.73 bits per heavy atom. The van der Waals surface area contributed by atoms with Gasteiger partial charge in [0.2, 0.25) is 0 Å². The van der Waals surface area contributed by atoms with Gasteiger partial charge in [0, 0.05) is 36.8 Å². The van der Waals surface area contributed by atoms with Gasteiger partial charge >= 0.3 is 0 Å². The van der Waals surface area contributed by atoms with Crippen LogP contribution in [0.15, 0.2) is 18.7 Å². The Balaban J connectivity index is 1.98. The van der Waals surface area contributed by atoms with Crippen LogP contribution in [-0.2, 0) is 6.54 Å². The smallest absolute Gasteiger partial charge is 0.115 e. The molecule has 0 aromatic carbocycles. The number of thioether (sulfide) groups is 1. The number of nitrogens with zero attached hydrogens (tertiary/aromatic N) is 2. The molecule has 0 bridgehead atoms. The summed E-state index contributed by atoms with van der Waals surface area (Å²) in [6, 6.07) is 0. The summed E-state index contributed by atoms with van der Waals surface area (Å²) in [5.41, 5.74) is 1.14. The van der Waals surface area contributed by atoms with Crippen molar-refractivity contribution < 1.29 is 0 Å². The lowest BCUT2D eigenvalue weighted by atomic mass is 10.3. The lowest BCUT2D eigenvalue weighted by Gasteiger charge is -2.05. The SMILES string of the molecule is CC(C)CSCCNCc1cncnc1. The van der Waals surface area contributed by atoms with Crippen LogP contribution in [0.2, 0.25) is 0 Å². The van der Waals surface area contributed by atoms with E-state index in [0.717, 1.165) is 24.6 Å². The van der Waals surface area contributed by atoms with Crippen LogP contribution in [0.4, 0.5) is 0 Å². The lowest BCUT2D eigenvalue weighted by Crippen LogP contribution is -2.17. The molecule has 1 heterocycles. The second-order valence-electron chi connectivity index (χ2n) is 3.89. The number of rotatable bonds is 7. The molecule has 1 rings (SSSR count). The van der Waals surface area contributed by atoms with Gasteiger partial charge in [0.25, 0.3) is 0 Å². The predicted octanol–water partition coefficient (Wildman–Crippen LogP) is 1.96. The van der Waals surface area contributed by atoms with E-state index in [0.29, 0.717) is 0 Å². The molecule has 84 valence electrons. The van der Waals surface area contributed by atoms with Gasteiger partial charge in [0.15, 0.2) is 0 Å². The molecule has 4 heteroatoms. The molecule has 0 atom stereocenters. The lowest BCUT2D eigenvalue weighted by molar-refractivity contribution is 0.721. The minimum atomic E-state index is 0.789. The first-order valence-corrected chi connectivity index (χ1v) is 6.47. The second-order valence-corrected chi connectivity index (χ2v) is 5.04. The molecule has 0 unspecified atom stereocenters. The highest BCUT2D eigenvalue weighted by atomic mass is 32.2. The highest BCUT2D eigenvalue weighted by Gasteiger charge is 1.95. The molecular formula is C11H19N3S. The van der Waals surface area contributed by atoms with Gasteiger partial charge < -0.3 is 5.32 Å². The van der Waals surface area contributed by atoms with Crippen molar-refractivity contribution in [1.82, 2.24) is 15.3 Å². The average Bonchev–Trinajstić information content (AvgIpc) is 2.24. The molecule has 1 aromatic heterocycles. The summed E-state index contributed by atoms with van der Waals surface area (Å²) < 4.78 is 0. The Hall–Kier alpha value is -0.610. The van der Waals surface area contributed by atoms with Crippen LogP contribution in [0.1, 0.15) is 19.4 Å². The van der Waals surface area contributed by atoms with E-state index in [4.69, 9.17) is 0 Å². The Bertz CT molecular complexity index is 251. The van der Waals surface area contributed by atoms with E-state index in [2.05, 4.69) is 29.1 Å². The predicted molar refractivity (Wildman–Crippen MR) is 65.9 cm³/mol. The molecule has 0 aliphatic carbocycles. The third-order valence-electron chi connectivity index (χ3n) is 1.82. The summed E-state index contributed by atoms with van der Waals surface area (Å²) in [7, 11) is 0. The summed E-state index contributed by atoms with van der Waals surface area (Å²) >= 11 is 2.00. The number of nitrogens with one attached hydrogen (secondary N) is 1. The summed E-state index contributed by atoms with van der Waals surface area (Å²) in [5.74, 6) is 3.21. The first-order valence-electron chi connectivity index (χ1n) is 5.31. The molecule has 3 nitrogen and oxygen atoms in total. The molecule has 0 amide bonds. The highest BCUT2D eigenvalue weighted by Crippen LogP contribution is 2.05. The van der Waals surface area contributed by atoms with Crippen molar-refractivity contribution in [1.29, 1.82) is 0 Å². The third-order valence-corrected chi connectivity index (χ3v) is 3.21. The van der Waals surface area contributed by atoms with E-state index >= 15 is 0 Å². The van der Waals surface area contributed by atoms with Crippen LogP contribution >= 0.6 is 11.8 Å². The summed E-state index contributed by atoms with van der Waals surface area (Å²) in [5, 5.41) is 3.37. The zero-order chi connectivity index (χ0) is 10.9. The van der Waals surface area contributed by atoms with Gasteiger partial charge in [-0.25, -0.2) is 9.97 Å². The minimum Gasteiger partial charge on any atom is -0.312 e. The Labute approximate surface area is 96.1 Å². The minimum absolute atomic E-state index is 0.789. The fourth-order valence-corrected chi connectivity index (χ4v) is 2.04. The molecule has 0 aliphatic heterocycles. The molecular weight excluding hydrogens is 206 g/mol. The van der Waals surface area contributed by atoms with E-state index in [9.17, 15) is 0 Å². The summed E-state index contributed by atoms with van der Waals surface area (Å²) in [4.78, 5) is 7.93. The standard InChI is InChI=1S/C11H19N3S/c1-10(2)8-15-4-3-12-5-11-6-13-9-14-7-11/h6-7,9-10,12H,3-5,8H2,1-2H3. The van der Waals surface area contributed by atoms with Crippen LogP contribution < -0.4 is 5.32 Å². The van der Waals surface area contributed by atoms with Gasteiger partial charge in [-0.2, -0.15) is 11.8 Å². The van der Waals surface area contributed by atoms with Crippen LogP contribution in [0.5, 0.6) is 0 Å². The maximum Gasteiger partial charge on any atom is 0.115 e. The average molecular weight is 225 g/mol. The Morgan fingerprint density at radius 1 is 1.33 bits per heavy atom. The fraction of sp³-hybridized carbons (Fsp3) is 0.636. The van der Waals surface area contributed by atoms with Crippen molar-refractivity contribution >= 4 is 11.8 Å². The van der Waals surface area contributed by atoms with Crippen LogP contribution in [0.25, 0.3) is 0 Å². The van der Waals surface area contributed by atoms with Gasteiger partial charge in [-0.05, 0) is 11.7 Å². The molecule has 1 aromatic rings. The first-order chi connectivity index (χ1) is 7.29. The van der Waals surface area contributed by atoms with Crippen molar-refractivity contribution in [3.05, 3.63) is 24.3 Å². The fourth-order valence-electron chi connectivity index (χ4n) is 1.12. The van der Waals surface area contributed by atoms with Gasteiger partial charge in [-0.15, -0.1) is 0 Å². The van der Waals surface area contributed by atoms with Crippen molar-refractivity contribution in [2.45, 2.75) is 20.4 Å². The molecule has 0 saturated heterocycles. The second kappa shape index (κ2) is 7.65. The van der Waals surface area contributed by atoms with E-state index in [-0.39, 0.29) is 0 Å². The van der Waals surface area contributed by atoms with E-state index in [1.54, 1.807) is 6.33 Å². The first kappa shape index (κ1) is 12.5. The number of hydrogen-bond acceptors (Lipinski definition) is 4. The van der Waals surface area contributed by atoms with E-state index in [1.807, 2.05) is 24.2 Å². The molecule has 0 aliphatic rings. The highest BCUT2D eigenvalue weighted by molar-refractivity contribution is 7.99. The molecule has 0 spiro atoms. The van der Waals surface area contributed by atoms with Crippen molar-refractivity contribution in [3.63, 3.8) is 0 Å². The van der Waals surface area contributed by atoms with E-state index < -0.39 is 0 Å². The third kappa shape index (κ3) is 6.47. The van der Waals surface area contributed by atoms with E-state index in [1.165, 1.54) is 11.5 Å². The summed E-state index contributed by atoms with van der Waals surface area (Å²) in [6.45, 7) is 6.42. The quantitative estimate of drug-likeness (QED) is 0.720. The van der Waals surface area contributed by atoms with Crippen LogP contribution in [0, 0.1) is 5.92 Å². The summed E-state index contributed by atoms with van der Waals surface area (Å²) in [6.07, 6.45) is 5.25. The van der Waals surface area contributed by atoms with Gasteiger partial charge in [0.1, 0.15) is 6.33 Å². The molecule has 1 N–H and O–H groups in total. The normalized spacial score (nSPS) is 10.9. The van der Waals surface area contributed by atoms with Crippen LogP contribution in [-0.4, -0.2) is 28.0 Å². The monoisotopic (exact) mass is 225 g/mol. The Kier molecular flexibility index (Phi) is 6.36. The zero-order valence-electron chi connectivity index (χ0n) is 9.44. The zero-order valence-corrected chi connectivity index (χ0v) is 10.3. The van der Waals surface area contributed by atoms with Crippen molar-refractivity contribution in [2.24, 2.45) is 5.92 Å². The number of hydrogen-bond donors (Lipinski definition) is 1. The molecule has 0 radical (unpaired) electrons. The van der Waals surface area contributed by atoms with Gasteiger partial charge in [-0.3, -0.25) is 0 Å². The largest absolute Gasteiger partial charge is 0.312 e. The maximum absolute atomic E-state index is 3.97.